The van der Waals surface area contributed by atoms with Gasteiger partial charge in [0.1, 0.15) is 5.75 Å². The lowest BCUT2D eigenvalue weighted by Crippen LogP contribution is -2.47. The quantitative estimate of drug-likeness (QED) is 0.411. The second-order valence-electron chi connectivity index (χ2n) is 5.77. The van der Waals surface area contributed by atoms with Crippen LogP contribution in [0, 0.1) is 16.0 Å². The summed E-state index contributed by atoms with van der Waals surface area (Å²) in [5.74, 6) is -1.85. The van der Waals surface area contributed by atoms with Crippen LogP contribution in [0.3, 0.4) is 0 Å². The Balaban J connectivity index is 2.14. The van der Waals surface area contributed by atoms with Crippen molar-refractivity contribution in [2.75, 3.05) is 27.3 Å². The van der Waals surface area contributed by atoms with E-state index in [2.05, 4.69) is 4.74 Å². The molecule has 0 radical (unpaired) electrons. The predicted molar refractivity (Wildman–Crippen MR) is 92.3 cm³/mol. The molecule has 11 nitrogen and oxygen atoms in total. The number of nitrogens with zero attached hydrogens (tertiary/aromatic N) is 2. The number of ether oxygens (including phenoxy) is 2. The first kappa shape index (κ1) is 20.6. The largest absolute Gasteiger partial charge is 0.496 e. The molecule has 1 amide bonds. The Morgan fingerprint density at radius 2 is 1.89 bits per heavy atom. The molecular formula is C15H19N3O8S. The Morgan fingerprint density at radius 3 is 2.41 bits per heavy atom. The smallest absolute Gasteiger partial charge is 0.308 e. The van der Waals surface area contributed by atoms with Crippen molar-refractivity contribution < 1.29 is 32.4 Å². The predicted octanol–water partition coefficient (Wildman–Crippen LogP) is 0.463. The third-order valence-corrected chi connectivity index (χ3v) is 5.68. The summed E-state index contributed by atoms with van der Waals surface area (Å²) in [5, 5.41) is 10.9. The van der Waals surface area contributed by atoms with Crippen molar-refractivity contribution in [2.24, 2.45) is 5.92 Å². The molecule has 0 aromatic heterocycles. The van der Waals surface area contributed by atoms with Crippen LogP contribution in [0.5, 0.6) is 5.75 Å². The van der Waals surface area contributed by atoms with E-state index >= 15 is 0 Å². The molecule has 0 spiro atoms. The highest BCUT2D eigenvalue weighted by atomic mass is 32.2. The minimum atomic E-state index is -4.19. The lowest BCUT2D eigenvalue weighted by atomic mass is 9.99. The number of non-ortho nitro benzene ring substituents is 1. The molecule has 1 saturated heterocycles. The molecule has 148 valence electrons. The maximum atomic E-state index is 12.4. The highest BCUT2D eigenvalue weighted by Gasteiger charge is 2.33. The second-order valence-corrected chi connectivity index (χ2v) is 7.45. The fourth-order valence-electron chi connectivity index (χ4n) is 2.72. The topological polar surface area (TPSA) is 145 Å². The molecule has 1 aliphatic rings. The summed E-state index contributed by atoms with van der Waals surface area (Å²) in [6, 6.07) is 3.29. The van der Waals surface area contributed by atoms with Gasteiger partial charge in [-0.15, -0.1) is 0 Å². The number of rotatable bonds is 6. The van der Waals surface area contributed by atoms with E-state index in [4.69, 9.17) is 4.74 Å². The van der Waals surface area contributed by atoms with Crippen LogP contribution in [-0.4, -0.2) is 56.8 Å². The molecule has 0 aliphatic carbocycles. The van der Waals surface area contributed by atoms with Crippen LogP contribution in [0.1, 0.15) is 23.2 Å². The van der Waals surface area contributed by atoms with E-state index in [1.54, 1.807) is 0 Å². The number of carbonyl (C=O) groups excluding carboxylic acids is 2. The van der Waals surface area contributed by atoms with Crippen molar-refractivity contribution in [3.05, 3.63) is 33.9 Å². The van der Waals surface area contributed by atoms with E-state index in [1.807, 2.05) is 4.72 Å². The molecule has 0 atom stereocenters. The van der Waals surface area contributed by atoms with Gasteiger partial charge in [-0.2, -0.15) is 12.7 Å². The van der Waals surface area contributed by atoms with Crippen molar-refractivity contribution in [1.29, 1.82) is 0 Å². The summed E-state index contributed by atoms with van der Waals surface area (Å²) in [6.45, 7) is 0.0723. The molecule has 12 heteroatoms. The number of piperidine rings is 1. The monoisotopic (exact) mass is 401 g/mol. The van der Waals surface area contributed by atoms with Gasteiger partial charge >= 0.3 is 16.2 Å². The first-order valence-corrected chi connectivity index (χ1v) is 9.36. The van der Waals surface area contributed by atoms with Crippen LogP contribution in [0.25, 0.3) is 0 Å². The number of nitro benzene ring substituents is 1. The Hall–Kier alpha value is -2.73. The molecule has 1 fully saturated rings. The first-order chi connectivity index (χ1) is 12.7. The summed E-state index contributed by atoms with van der Waals surface area (Å²) in [6.07, 6.45) is 0.532. The SMILES string of the molecule is COC(=O)C1CCN(S(=O)(=O)NC(=O)c2cc([N+](=O)[O-])ccc2OC)CC1. The van der Waals surface area contributed by atoms with Crippen molar-refractivity contribution in [1.82, 2.24) is 9.03 Å². The van der Waals surface area contributed by atoms with Crippen molar-refractivity contribution in [3.63, 3.8) is 0 Å². The maximum absolute atomic E-state index is 12.4. The summed E-state index contributed by atoms with van der Waals surface area (Å²) in [7, 11) is -1.67. The van der Waals surface area contributed by atoms with Gasteiger partial charge in [0.15, 0.2) is 0 Å². The highest BCUT2D eigenvalue weighted by molar-refractivity contribution is 7.87. The van der Waals surface area contributed by atoms with Crippen LogP contribution < -0.4 is 9.46 Å². The zero-order valence-electron chi connectivity index (χ0n) is 14.7. The lowest BCUT2D eigenvalue weighted by molar-refractivity contribution is -0.384. The fraction of sp³-hybridized carbons (Fsp3) is 0.467. The van der Waals surface area contributed by atoms with Crippen molar-refractivity contribution >= 4 is 27.8 Å². The third-order valence-electron chi connectivity index (χ3n) is 4.19. The van der Waals surface area contributed by atoms with Gasteiger partial charge in [0.05, 0.1) is 30.6 Å². The number of carbonyl (C=O) groups is 2. The van der Waals surface area contributed by atoms with Gasteiger partial charge in [-0.1, -0.05) is 0 Å². The molecule has 27 heavy (non-hydrogen) atoms. The van der Waals surface area contributed by atoms with Gasteiger partial charge in [0.25, 0.3) is 11.6 Å². The minimum absolute atomic E-state index is 0.00213. The summed E-state index contributed by atoms with van der Waals surface area (Å²) in [4.78, 5) is 34.1. The number of amides is 1. The number of esters is 1. The number of nitro groups is 1. The standard InChI is InChI=1S/C15H19N3O8S/c1-25-13-4-3-11(18(21)22)9-12(13)14(19)16-27(23,24)17-7-5-10(6-8-17)15(20)26-2/h3-4,9-10H,5-8H2,1-2H3,(H,16,19). The summed E-state index contributed by atoms with van der Waals surface area (Å²) < 4.78 is 37.4. The normalized spacial score (nSPS) is 15.8. The van der Waals surface area contributed by atoms with Crippen LogP contribution in [0.4, 0.5) is 5.69 Å². The van der Waals surface area contributed by atoms with Gasteiger partial charge in [0, 0.05) is 25.2 Å². The highest BCUT2D eigenvalue weighted by Crippen LogP contribution is 2.25. The van der Waals surface area contributed by atoms with Gasteiger partial charge in [-0.25, -0.2) is 4.72 Å². The molecular weight excluding hydrogens is 382 g/mol. The number of methoxy groups -OCH3 is 2. The lowest BCUT2D eigenvalue weighted by Gasteiger charge is -2.29. The molecule has 2 rings (SSSR count). The average molecular weight is 401 g/mol. The Kier molecular flexibility index (Phi) is 6.33. The minimum Gasteiger partial charge on any atom is -0.496 e. The molecule has 1 aliphatic heterocycles. The second kappa shape index (κ2) is 8.31. The van der Waals surface area contributed by atoms with E-state index in [1.165, 1.54) is 20.3 Å². The van der Waals surface area contributed by atoms with E-state index in [-0.39, 0.29) is 42.9 Å². The number of hydrogen-bond acceptors (Lipinski definition) is 8. The molecule has 1 aromatic rings. The van der Waals surface area contributed by atoms with Crippen molar-refractivity contribution in [3.8, 4) is 5.75 Å². The average Bonchev–Trinajstić information content (AvgIpc) is 2.66. The summed E-state index contributed by atoms with van der Waals surface area (Å²) >= 11 is 0. The Labute approximate surface area is 155 Å². The van der Waals surface area contributed by atoms with E-state index < -0.39 is 32.9 Å². The van der Waals surface area contributed by atoms with Gasteiger partial charge in [0.2, 0.25) is 0 Å². The van der Waals surface area contributed by atoms with Gasteiger partial charge in [-0.3, -0.25) is 19.7 Å². The van der Waals surface area contributed by atoms with Crippen LogP contribution >= 0.6 is 0 Å². The molecule has 1 aromatic carbocycles. The van der Waals surface area contributed by atoms with E-state index in [9.17, 15) is 28.1 Å². The van der Waals surface area contributed by atoms with E-state index in [0.29, 0.717) is 0 Å². The number of benzene rings is 1. The molecule has 0 saturated carbocycles. The number of hydrogen-bond donors (Lipinski definition) is 1. The molecule has 1 heterocycles. The van der Waals surface area contributed by atoms with Gasteiger partial charge < -0.3 is 9.47 Å². The van der Waals surface area contributed by atoms with Crippen LogP contribution in [0.2, 0.25) is 0 Å². The maximum Gasteiger partial charge on any atom is 0.308 e. The first-order valence-electron chi connectivity index (χ1n) is 7.92. The van der Waals surface area contributed by atoms with Crippen LogP contribution in [-0.2, 0) is 19.7 Å². The zero-order chi connectivity index (χ0) is 20.2. The van der Waals surface area contributed by atoms with E-state index in [0.717, 1.165) is 16.4 Å². The van der Waals surface area contributed by atoms with Gasteiger partial charge in [-0.05, 0) is 18.9 Å². The summed E-state index contributed by atoms with van der Waals surface area (Å²) in [5.41, 5.74) is -0.656. The Bertz CT molecular complexity index is 847. The molecule has 0 bridgehead atoms. The fourth-order valence-corrected chi connectivity index (χ4v) is 3.89. The Morgan fingerprint density at radius 1 is 1.26 bits per heavy atom. The molecule has 1 N–H and O–H groups in total. The number of nitrogens with one attached hydrogen (secondary N) is 1. The zero-order valence-corrected chi connectivity index (χ0v) is 15.5. The van der Waals surface area contributed by atoms with Crippen molar-refractivity contribution in [2.45, 2.75) is 12.8 Å². The third kappa shape index (κ3) is 4.71. The van der Waals surface area contributed by atoms with Crippen LogP contribution in [0.15, 0.2) is 18.2 Å². The molecule has 0 unspecified atom stereocenters.